The number of rotatable bonds is 4. The molecule has 1 atom stereocenters. The number of ether oxygens (including phenoxy) is 1. The van der Waals surface area contributed by atoms with Gasteiger partial charge in [0.05, 0.1) is 24.2 Å². The molecule has 1 aromatic rings. The summed E-state index contributed by atoms with van der Waals surface area (Å²) in [5, 5.41) is 2.69. The first-order chi connectivity index (χ1) is 9.89. The van der Waals surface area contributed by atoms with Gasteiger partial charge in [-0.15, -0.1) is 0 Å². The minimum Gasteiger partial charge on any atom is -0.465 e. The highest BCUT2D eigenvalue weighted by Crippen LogP contribution is 2.22. The summed E-state index contributed by atoms with van der Waals surface area (Å²) in [5.41, 5.74) is 0.964. The van der Waals surface area contributed by atoms with Crippen LogP contribution in [0.2, 0.25) is 0 Å². The van der Waals surface area contributed by atoms with Gasteiger partial charge in [0.1, 0.15) is 0 Å². The molecule has 1 heterocycles. The fourth-order valence-electron chi connectivity index (χ4n) is 2.31. The Morgan fingerprint density at radius 2 is 1.95 bits per heavy atom. The predicted octanol–water partition coefficient (Wildman–Crippen LogP) is 1.24. The average Bonchev–Trinajstić information content (AvgIpc) is 2.77. The summed E-state index contributed by atoms with van der Waals surface area (Å²) in [6.07, 6.45) is 0.731. The van der Waals surface area contributed by atoms with Crippen LogP contribution in [-0.4, -0.2) is 38.9 Å². The SMILES string of the molecule is COC(=O)c1ccc(NC(=O)C[C@@H]2CCS(=O)(=O)C2)cc1. The van der Waals surface area contributed by atoms with Gasteiger partial charge in [0.15, 0.2) is 9.84 Å². The molecule has 7 heteroatoms. The second-order valence-electron chi connectivity index (χ2n) is 5.09. The maximum Gasteiger partial charge on any atom is 0.337 e. The zero-order valence-corrected chi connectivity index (χ0v) is 12.5. The number of nitrogens with one attached hydrogen (secondary N) is 1. The number of hydrogen-bond acceptors (Lipinski definition) is 5. The Balaban J connectivity index is 1.90. The van der Waals surface area contributed by atoms with Crippen molar-refractivity contribution in [2.75, 3.05) is 23.9 Å². The van der Waals surface area contributed by atoms with E-state index in [1.165, 1.54) is 7.11 Å². The van der Waals surface area contributed by atoms with Crippen LogP contribution in [0.25, 0.3) is 0 Å². The fourth-order valence-corrected chi connectivity index (χ4v) is 4.18. The quantitative estimate of drug-likeness (QED) is 0.845. The lowest BCUT2D eigenvalue weighted by Crippen LogP contribution is -2.17. The molecule has 1 aliphatic heterocycles. The molecule has 1 amide bonds. The molecule has 1 aromatic carbocycles. The standard InChI is InChI=1S/C14H17NO5S/c1-20-14(17)11-2-4-12(5-3-11)15-13(16)8-10-6-7-21(18,19)9-10/h2-5,10H,6-9H2,1H3,(H,15,16)/t10-/m0/s1. The first-order valence-corrected chi connectivity index (χ1v) is 8.40. The number of carbonyl (C=O) groups is 2. The zero-order valence-electron chi connectivity index (χ0n) is 11.7. The summed E-state index contributed by atoms with van der Waals surface area (Å²) in [4.78, 5) is 23.1. The molecule has 1 aliphatic rings. The summed E-state index contributed by atoms with van der Waals surface area (Å²) >= 11 is 0. The molecule has 114 valence electrons. The number of amides is 1. The van der Waals surface area contributed by atoms with Crippen LogP contribution < -0.4 is 5.32 Å². The van der Waals surface area contributed by atoms with Crippen LogP contribution in [0, 0.1) is 5.92 Å². The van der Waals surface area contributed by atoms with Gasteiger partial charge in [0.2, 0.25) is 5.91 Å². The first-order valence-electron chi connectivity index (χ1n) is 6.58. The summed E-state index contributed by atoms with van der Waals surface area (Å²) in [7, 11) is -1.66. The van der Waals surface area contributed by atoms with Gasteiger partial charge in [-0.05, 0) is 36.6 Å². The molecule has 0 spiro atoms. The highest BCUT2D eigenvalue weighted by atomic mass is 32.2. The third kappa shape index (κ3) is 4.29. The van der Waals surface area contributed by atoms with Crippen LogP contribution in [-0.2, 0) is 19.4 Å². The summed E-state index contributed by atoms with van der Waals surface area (Å²) in [6.45, 7) is 0. The summed E-state index contributed by atoms with van der Waals surface area (Å²) in [6, 6.07) is 6.33. The van der Waals surface area contributed by atoms with Crippen molar-refractivity contribution in [3.05, 3.63) is 29.8 Å². The van der Waals surface area contributed by atoms with Crippen molar-refractivity contribution in [3.8, 4) is 0 Å². The van der Waals surface area contributed by atoms with E-state index < -0.39 is 15.8 Å². The van der Waals surface area contributed by atoms with Gasteiger partial charge in [-0.3, -0.25) is 4.79 Å². The molecular formula is C14H17NO5S. The number of sulfone groups is 1. The minimum atomic E-state index is -2.96. The molecule has 2 rings (SSSR count). The van der Waals surface area contributed by atoms with Crippen LogP contribution >= 0.6 is 0 Å². The van der Waals surface area contributed by atoms with Crippen molar-refractivity contribution in [1.82, 2.24) is 0 Å². The van der Waals surface area contributed by atoms with Gasteiger partial charge in [0.25, 0.3) is 0 Å². The number of methoxy groups -OCH3 is 1. The number of hydrogen-bond donors (Lipinski definition) is 1. The van der Waals surface area contributed by atoms with Crippen LogP contribution in [0.3, 0.4) is 0 Å². The number of anilines is 1. The maximum atomic E-state index is 11.9. The molecule has 1 fully saturated rings. The van der Waals surface area contributed by atoms with Crippen LogP contribution in [0.5, 0.6) is 0 Å². The van der Waals surface area contributed by atoms with E-state index in [2.05, 4.69) is 10.1 Å². The van der Waals surface area contributed by atoms with Gasteiger partial charge in [-0.2, -0.15) is 0 Å². The number of carbonyl (C=O) groups excluding carboxylic acids is 2. The predicted molar refractivity (Wildman–Crippen MR) is 77.8 cm³/mol. The Labute approximate surface area is 123 Å². The Kier molecular flexibility index (Phi) is 4.62. The topological polar surface area (TPSA) is 89.5 Å². The third-order valence-electron chi connectivity index (χ3n) is 3.39. The van der Waals surface area contributed by atoms with Gasteiger partial charge in [-0.25, -0.2) is 13.2 Å². The molecule has 6 nitrogen and oxygen atoms in total. The van der Waals surface area contributed by atoms with Gasteiger partial charge >= 0.3 is 5.97 Å². The molecule has 0 aromatic heterocycles. The largest absolute Gasteiger partial charge is 0.465 e. The second kappa shape index (κ2) is 6.26. The molecule has 21 heavy (non-hydrogen) atoms. The zero-order chi connectivity index (χ0) is 15.5. The van der Waals surface area contributed by atoms with Gasteiger partial charge in [0, 0.05) is 12.1 Å². The molecular weight excluding hydrogens is 294 g/mol. The lowest BCUT2D eigenvalue weighted by molar-refractivity contribution is -0.116. The van der Waals surface area contributed by atoms with E-state index in [1.807, 2.05) is 0 Å². The monoisotopic (exact) mass is 311 g/mol. The fraction of sp³-hybridized carbons (Fsp3) is 0.429. The van der Waals surface area contributed by atoms with Gasteiger partial charge in [-0.1, -0.05) is 0 Å². The molecule has 0 bridgehead atoms. The first kappa shape index (κ1) is 15.5. The van der Waals surface area contributed by atoms with Crippen molar-refractivity contribution in [2.24, 2.45) is 5.92 Å². The Morgan fingerprint density at radius 1 is 1.29 bits per heavy atom. The van der Waals surface area contributed by atoms with Crippen molar-refractivity contribution in [3.63, 3.8) is 0 Å². The van der Waals surface area contributed by atoms with E-state index in [0.717, 1.165) is 0 Å². The van der Waals surface area contributed by atoms with Crippen molar-refractivity contribution in [1.29, 1.82) is 0 Å². The van der Waals surface area contributed by atoms with Crippen molar-refractivity contribution in [2.45, 2.75) is 12.8 Å². The Morgan fingerprint density at radius 3 is 2.48 bits per heavy atom. The summed E-state index contributed by atoms with van der Waals surface area (Å²) in [5.74, 6) is -0.517. The minimum absolute atomic E-state index is 0.0850. The average molecular weight is 311 g/mol. The number of benzene rings is 1. The van der Waals surface area contributed by atoms with E-state index in [-0.39, 0.29) is 29.8 Å². The second-order valence-corrected chi connectivity index (χ2v) is 7.32. The summed E-state index contributed by atoms with van der Waals surface area (Å²) < 4.78 is 27.3. The molecule has 1 N–H and O–H groups in total. The molecule has 0 radical (unpaired) electrons. The Bertz CT molecular complexity index is 636. The lowest BCUT2D eigenvalue weighted by Gasteiger charge is -2.09. The van der Waals surface area contributed by atoms with Crippen molar-refractivity contribution < 1.29 is 22.7 Å². The molecule has 0 aliphatic carbocycles. The van der Waals surface area contributed by atoms with E-state index in [9.17, 15) is 18.0 Å². The van der Waals surface area contributed by atoms with E-state index in [0.29, 0.717) is 17.7 Å². The number of esters is 1. The molecule has 0 unspecified atom stereocenters. The molecule has 1 saturated heterocycles. The maximum absolute atomic E-state index is 11.9. The normalized spacial score (nSPS) is 20.0. The highest BCUT2D eigenvalue weighted by molar-refractivity contribution is 7.91. The van der Waals surface area contributed by atoms with E-state index in [4.69, 9.17) is 0 Å². The smallest absolute Gasteiger partial charge is 0.337 e. The Hall–Kier alpha value is -1.89. The third-order valence-corrected chi connectivity index (χ3v) is 5.23. The van der Waals surface area contributed by atoms with Crippen LogP contribution in [0.4, 0.5) is 5.69 Å². The lowest BCUT2D eigenvalue weighted by atomic mass is 10.0. The van der Waals surface area contributed by atoms with Crippen LogP contribution in [0.1, 0.15) is 23.2 Å². The van der Waals surface area contributed by atoms with Crippen molar-refractivity contribution >= 4 is 27.4 Å². The van der Waals surface area contributed by atoms with Crippen LogP contribution in [0.15, 0.2) is 24.3 Å². The van der Waals surface area contributed by atoms with E-state index >= 15 is 0 Å². The van der Waals surface area contributed by atoms with Gasteiger partial charge < -0.3 is 10.1 Å². The highest BCUT2D eigenvalue weighted by Gasteiger charge is 2.29. The molecule has 0 saturated carbocycles. The van der Waals surface area contributed by atoms with E-state index in [1.54, 1.807) is 24.3 Å².